The zero-order valence-electron chi connectivity index (χ0n) is 28.3. The molecular formula is C34H45NO13. The summed E-state index contributed by atoms with van der Waals surface area (Å²) in [6.45, 7) is 12.3. The molecule has 0 bridgehead atoms. The third-order valence-electron chi connectivity index (χ3n) is 14.8. The second-order valence-electron chi connectivity index (χ2n) is 16.6. The molecule has 3 aliphatic heterocycles. The molecule has 8 aliphatic rings. The largest absolute Gasteiger partial charge is 0.462 e. The lowest BCUT2D eigenvalue weighted by molar-refractivity contribution is -0.259. The Morgan fingerprint density at radius 2 is 1.46 bits per heavy atom. The van der Waals surface area contributed by atoms with Gasteiger partial charge in [0.2, 0.25) is 5.79 Å². The number of ether oxygens (including phenoxy) is 6. The maximum atomic E-state index is 14.9. The lowest BCUT2D eigenvalue weighted by atomic mass is 9.40. The van der Waals surface area contributed by atoms with Crippen LogP contribution in [0.25, 0.3) is 0 Å². The van der Waals surface area contributed by atoms with Crippen molar-refractivity contribution >= 4 is 29.7 Å². The highest BCUT2D eigenvalue weighted by Crippen LogP contribution is 2.81. The molecule has 14 heteroatoms. The van der Waals surface area contributed by atoms with Gasteiger partial charge < -0.3 is 44.4 Å². The molecule has 0 aromatic heterocycles. The summed E-state index contributed by atoms with van der Waals surface area (Å²) >= 11 is 0. The lowest BCUT2D eigenvalue weighted by Crippen LogP contribution is -2.75. The first kappa shape index (κ1) is 32.5. The number of carbonyl (C=O) groups is 5. The Morgan fingerprint density at radius 1 is 0.875 bits per heavy atom. The second-order valence-corrected chi connectivity index (χ2v) is 16.6. The number of hydrogen-bond acceptors (Lipinski definition) is 14. The molecule has 0 aromatic carbocycles. The number of fused-ring (bicyclic) bond motifs is 9. The summed E-state index contributed by atoms with van der Waals surface area (Å²) < 4.78 is 36.5. The number of Topliss-reactive ketones (excluding diaryl/α,β-unsaturated/α-hetero) is 1. The van der Waals surface area contributed by atoms with Crippen molar-refractivity contribution in [2.75, 3.05) is 0 Å². The SMILES string of the molecule is CC(=O)O[C@H]1[C@@H]2[C@H]([C@H](C)[C@H]3O[C@]34OC(=O)[C@@](C)(O)[C@]24C)[C@]2(C)[C@@H]1C1C(=O)[C@H](N)[C@H]3C[C@@H]4O[C@@H]4[C@H](O)[C@]3(C)C1[C@H](OC(C)=O)[C@@H]2OC(C)=O. The highest BCUT2D eigenvalue weighted by molar-refractivity contribution is 5.89. The normalized spacial score (nSPS) is 59.6. The van der Waals surface area contributed by atoms with Gasteiger partial charge in [-0.25, -0.2) is 4.79 Å². The number of aliphatic hydroxyl groups is 2. The number of carbonyl (C=O) groups excluding carboxylic acids is 5. The summed E-state index contributed by atoms with van der Waals surface area (Å²) in [4.78, 5) is 67.4. The van der Waals surface area contributed by atoms with Crippen LogP contribution < -0.4 is 5.73 Å². The minimum absolute atomic E-state index is 0.271. The van der Waals surface area contributed by atoms with Gasteiger partial charge in [0.1, 0.15) is 30.5 Å². The highest BCUT2D eigenvalue weighted by atomic mass is 16.8. The number of esters is 4. The molecule has 3 saturated heterocycles. The molecule has 5 saturated carbocycles. The zero-order valence-corrected chi connectivity index (χ0v) is 28.3. The van der Waals surface area contributed by atoms with Gasteiger partial charge in [-0.15, -0.1) is 0 Å². The molecule has 0 aromatic rings. The monoisotopic (exact) mass is 675 g/mol. The third-order valence-corrected chi connectivity index (χ3v) is 14.8. The van der Waals surface area contributed by atoms with Gasteiger partial charge in [0.15, 0.2) is 11.4 Å². The standard InChI is InChI=1S/C34H45NO13/c1-10-17-20(32(7)33(8,42)29(41)48-34(32)27(10)47-34)24(43-11(2)36)18-16-19(25(44-12(3)37)28(31(17,18)6)45-13(4)38)30(5)14(21(35)22(16)39)9-15-23(46-15)26(30)40/h10,14-21,23-28,40,42H,9,35H2,1-8H3/t10-,14+,15-,16?,17-,18+,19?,20-,21+,23-,24+,25-,26-,27+,28-,30-,31+,32-,33+,34-/m0/s1. The fourth-order valence-electron chi connectivity index (χ4n) is 12.9. The third kappa shape index (κ3) is 3.39. The van der Waals surface area contributed by atoms with Crippen molar-refractivity contribution in [2.24, 2.45) is 63.4 Å². The van der Waals surface area contributed by atoms with Crippen molar-refractivity contribution in [3.63, 3.8) is 0 Å². The molecule has 48 heavy (non-hydrogen) atoms. The average molecular weight is 676 g/mol. The van der Waals surface area contributed by atoms with Crippen LogP contribution in [0.3, 0.4) is 0 Å². The molecule has 2 unspecified atom stereocenters. The quantitative estimate of drug-likeness (QED) is 0.204. The number of rotatable bonds is 3. The van der Waals surface area contributed by atoms with E-state index in [4.69, 9.17) is 34.2 Å². The van der Waals surface area contributed by atoms with Crippen molar-refractivity contribution in [1.82, 2.24) is 0 Å². The number of nitrogens with two attached hydrogens (primary N) is 1. The number of ketones is 1. The van der Waals surface area contributed by atoms with Gasteiger partial charge in [-0.05, 0) is 38.0 Å². The summed E-state index contributed by atoms with van der Waals surface area (Å²) in [5.41, 5.74) is 0.780. The first-order valence-electron chi connectivity index (χ1n) is 17.0. The minimum atomic E-state index is -2.11. The number of hydrogen-bond donors (Lipinski definition) is 3. The van der Waals surface area contributed by atoms with Crippen LogP contribution in [0, 0.1) is 57.7 Å². The Bertz CT molecular complexity index is 1550. The minimum Gasteiger partial charge on any atom is -0.462 e. The Morgan fingerprint density at radius 3 is 2.06 bits per heavy atom. The van der Waals surface area contributed by atoms with Crippen LogP contribution in [0.1, 0.15) is 61.8 Å². The number of epoxide rings is 2. The van der Waals surface area contributed by atoms with Gasteiger partial charge in [0.25, 0.3) is 0 Å². The second kappa shape index (κ2) is 9.36. The van der Waals surface area contributed by atoms with Crippen LogP contribution in [0.15, 0.2) is 0 Å². The van der Waals surface area contributed by atoms with E-state index in [1.165, 1.54) is 27.7 Å². The van der Waals surface area contributed by atoms with Crippen LogP contribution in [0.5, 0.6) is 0 Å². The van der Waals surface area contributed by atoms with E-state index in [9.17, 15) is 34.2 Å². The van der Waals surface area contributed by atoms with Crippen molar-refractivity contribution in [1.29, 1.82) is 0 Å². The van der Waals surface area contributed by atoms with E-state index in [1.807, 2.05) is 20.8 Å². The topological polar surface area (TPSA) is 214 Å². The average Bonchev–Trinajstić information content (AvgIpc) is 3.88. The first-order valence-corrected chi connectivity index (χ1v) is 17.0. The Labute approximate surface area is 277 Å². The fourth-order valence-corrected chi connectivity index (χ4v) is 12.9. The fraction of sp³-hybridized carbons (Fsp3) is 0.853. The molecule has 4 N–H and O–H groups in total. The lowest BCUT2D eigenvalue weighted by Gasteiger charge is -2.65. The van der Waals surface area contributed by atoms with E-state index in [0.29, 0.717) is 6.42 Å². The highest BCUT2D eigenvalue weighted by Gasteiger charge is 2.93. The van der Waals surface area contributed by atoms with Crippen LogP contribution in [-0.2, 0) is 52.4 Å². The van der Waals surface area contributed by atoms with E-state index >= 15 is 0 Å². The van der Waals surface area contributed by atoms with Gasteiger partial charge in [-0.1, -0.05) is 20.8 Å². The van der Waals surface area contributed by atoms with Crippen LogP contribution in [0.4, 0.5) is 0 Å². The summed E-state index contributed by atoms with van der Waals surface area (Å²) in [5.74, 6) is -10.2. The maximum absolute atomic E-state index is 14.9. The maximum Gasteiger partial charge on any atom is 0.341 e. The summed E-state index contributed by atoms with van der Waals surface area (Å²) in [6.07, 6.45) is -5.73. The summed E-state index contributed by atoms with van der Waals surface area (Å²) in [6, 6.07) is -1.04. The van der Waals surface area contributed by atoms with Gasteiger partial charge in [-0.2, -0.15) is 0 Å². The van der Waals surface area contributed by atoms with Crippen molar-refractivity contribution in [3.8, 4) is 0 Å². The smallest absolute Gasteiger partial charge is 0.341 e. The van der Waals surface area contributed by atoms with Gasteiger partial charge >= 0.3 is 23.9 Å². The Kier molecular flexibility index (Phi) is 6.35. The summed E-state index contributed by atoms with van der Waals surface area (Å²) in [7, 11) is 0. The van der Waals surface area contributed by atoms with Gasteiger partial charge in [0, 0.05) is 55.3 Å². The molecule has 8 rings (SSSR count). The molecular weight excluding hydrogens is 630 g/mol. The summed E-state index contributed by atoms with van der Waals surface area (Å²) in [5, 5.41) is 24.0. The van der Waals surface area contributed by atoms with Crippen molar-refractivity contribution < 1.29 is 62.6 Å². The van der Waals surface area contributed by atoms with E-state index < -0.39 is 136 Å². The molecule has 14 nitrogen and oxygen atoms in total. The van der Waals surface area contributed by atoms with Crippen molar-refractivity contribution in [2.45, 2.75) is 122 Å². The molecule has 3 heterocycles. The number of aliphatic hydroxyl groups excluding tert-OH is 1. The zero-order chi connectivity index (χ0) is 35.0. The Hall–Kier alpha value is -2.65. The Balaban J connectivity index is 1.42. The first-order chi connectivity index (χ1) is 22.2. The molecule has 0 amide bonds. The predicted octanol–water partition coefficient (Wildman–Crippen LogP) is 0.0194. The van der Waals surface area contributed by atoms with E-state index in [1.54, 1.807) is 6.92 Å². The molecule has 5 aliphatic carbocycles. The predicted molar refractivity (Wildman–Crippen MR) is 158 cm³/mol. The molecule has 264 valence electrons. The van der Waals surface area contributed by atoms with Gasteiger partial charge in [-0.3, -0.25) is 19.2 Å². The molecule has 1 spiro atoms. The van der Waals surface area contributed by atoms with E-state index in [2.05, 4.69) is 0 Å². The van der Waals surface area contributed by atoms with Crippen LogP contribution >= 0.6 is 0 Å². The van der Waals surface area contributed by atoms with E-state index in [0.717, 1.165) is 0 Å². The van der Waals surface area contributed by atoms with Crippen LogP contribution in [0.2, 0.25) is 0 Å². The van der Waals surface area contributed by atoms with Crippen LogP contribution in [-0.4, -0.2) is 100 Å². The molecule has 0 radical (unpaired) electrons. The van der Waals surface area contributed by atoms with Crippen molar-refractivity contribution in [3.05, 3.63) is 0 Å². The van der Waals surface area contributed by atoms with Gasteiger partial charge in [0.05, 0.1) is 23.7 Å². The molecule has 8 fully saturated rings. The van der Waals surface area contributed by atoms with E-state index in [-0.39, 0.29) is 11.9 Å². The molecule has 20 atom stereocenters.